The van der Waals surface area contributed by atoms with Crippen molar-refractivity contribution in [1.82, 2.24) is 40.4 Å². The number of carbonyl (C=O) groups is 4. The fourth-order valence-electron chi connectivity index (χ4n) is 26.4. The standard InChI is InChI=1S/2C25H40N4O3.C23H37BrO3.C3H5N3.CH2O3.3CH4.2K.H/c1-16-26-27-28-29(16)14-22(30)21-8-7-19-18-6-5-17-13-25(31,15-32-4)12-11-23(17,2)20(18)9-10-24(19,21)3;1-16-26-28-29(27-16)14-22(30)21-8-7-19-18-6-5-17-13-25(31,15-32-4)12-11-23(17,2)20(18)9-10-24(19,21)3;1-21-10-11-23(26,14-27-3)12-15(21)4-5-16-17-6-7-19(20(25)13-24)22(17,2)9-8-18(16)21;1-3-2-4-6-5-3;2-1-4-3;;;;;;/h2*17-21,31H,5-15H2,1-4H3;15-19,26H,4-14H2,1-3H3;2H2,1H3;1,3H;3*1H4;;;/q;;;;;;;;2*+1;-1/p-1/t2*17-,18-,19-,20-,21+,23-,24-,25+;15-,16-,17-,18-,19+,21-,22-,23+;;;;;;;;/m000......../s1. The van der Waals surface area contributed by atoms with Gasteiger partial charge in [-0.15, -0.1) is 20.4 Å². The summed E-state index contributed by atoms with van der Waals surface area (Å²) < 4.78 is 17.7. The number of ketones is 3. The molecule has 106 heavy (non-hydrogen) atoms. The van der Waals surface area contributed by atoms with Crippen molar-refractivity contribution in [2.45, 2.75) is 288 Å². The molecule has 24 atom stereocenters. The zero-order chi connectivity index (χ0) is 72.7. The minimum absolute atomic E-state index is 0. The van der Waals surface area contributed by atoms with Crippen LogP contribution < -0.4 is 108 Å². The van der Waals surface area contributed by atoms with Crippen LogP contribution in [0.5, 0.6) is 0 Å². The molecular formula is C80H136BrK2N11O12. The van der Waals surface area contributed by atoms with Gasteiger partial charge in [-0.2, -0.15) is 9.91 Å². The van der Waals surface area contributed by atoms with E-state index in [4.69, 9.17) is 24.3 Å². The molecule has 26 heteroatoms. The number of alkyl halides is 1. The van der Waals surface area contributed by atoms with Gasteiger partial charge in [-0.05, 0) is 319 Å². The van der Waals surface area contributed by atoms with Crippen LogP contribution in [0.1, 0.15) is 257 Å². The van der Waals surface area contributed by atoms with Crippen LogP contribution >= 0.6 is 15.9 Å². The van der Waals surface area contributed by atoms with Crippen LogP contribution in [0.2, 0.25) is 0 Å². The first-order valence-corrected chi connectivity index (χ1v) is 40.0. The molecule has 3 heterocycles. The van der Waals surface area contributed by atoms with Crippen molar-refractivity contribution in [3.63, 3.8) is 0 Å². The van der Waals surface area contributed by atoms with Crippen LogP contribution in [0.3, 0.4) is 0 Å². The Hall–Kier alpha value is -0.637. The predicted octanol–water partition coefficient (Wildman–Crippen LogP) is 7.45. The first kappa shape index (κ1) is 94.2. The molecule has 0 aromatic carbocycles. The van der Waals surface area contributed by atoms with Gasteiger partial charge in [0.1, 0.15) is 31.2 Å². The van der Waals surface area contributed by atoms with Crippen molar-refractivity contribution in [1.29, 1.82) is 0 Å². The van der Waals surface area contributed by atoms with Gasteiger partial charge in [0.25, 0.3) is 6.47 Å². The molecule has 3 N–H and O–H groups in total. The first-order chi connectivity index (χ1) is 48.0. The molecule has 2 aromatic rings. The van der Waals surface area contributed by atoms with Gasteiger partial charge in [0.2, 0.25) is 0 Å². The van der Waals surface area contributed by atoms with Gasteiger partial charge >= 0.3 is 103 Å². The van der Waals surface area contributed by atoms with Crippen molar-refractivity contribution >= 4 is 45.5 Å². The van der Waals surface area contributed by atoms with Crippen molar-refractivity contribution in [2.24, 2.45) is 137 Å². The van der Waals surface area contributed by atoms with Gasteiger partial charge in [0.05, 0.1) is 47.7 Å². The number of tetrazole rings is 2. The van der Waals surface area contributed by atoms with E-state index in [1.165, 1.54) is 88.3 Å². The summed E-state index contributed by atoms with van der Waals surface area (Å²) in [5.41, 5.74) is 0.511. The number of Topliss-reactive ketones (excluding diaryl/α,β-unsaturated/α-hetero) is 3. The summed E-state index contributed by atoms with van der Waals surface area (Å²) in [6, 6.07) is 0. The van der Waals surface area contributed by atoms with Crippen LogP contribution in [0.25, 0.3) is 0 Å². The Balaban J connectivity index is 0.000000263. The number of hydrogen-bond donors (Lipinski definition) is 3. The molecule has 0 bridgehead atoms. The van der Waals surface area contributed by atoms with Gasteiger partial charge in [0, 0.05) is 39.1 Å². The second-order valence-electron chi connectivity index (χ2n) is 36.3. The number of hydrogen-bond acceptors (Lipinski definition) is 21. The van der Waals surface area contributed by atoms with E-state index >= 15 is 0 Å². The molecule has 592 valence electrons. The second-order valence-corrected chi connectivity index (χ2v) is 36.8. The largest absolute Gasteiger partial charge is 1.00 e. The molecule has 0 amide bonds. The summed E-state index contributed by atoms with van der Waals surface area (Å²) in [6.45, 7) is 22.8. The van der Waals surface area contributed by atoms with E-state index in [0.29, 0.717) is 113 Å². The average Bonchev–Trinajstić information content (AvgIpc) is 1.70. The normalized spacial score (nSPS) is 42.1. The molecule has 1 aliphatic heterocycles. The Morgan fingerprint density at radius 3 is 1.18 bits per heavy atom. The molecule has 0 unspecified atom stereocenters. The minimum atomic E-state index is -0.645. The Labute approximate surface area is 730 Å². The Morgan fingerprint density at radius 1 is 0.519 bits per heavy atom. The zero-order valence-electron chi connectivity index (χ0n) is 66.1. The Morgan fingerprint density at radius 2 is 0.887 bits per heavy atom. The quantitative estimate of drug-likeness (QED) is 0.0512. The summed E-state index contributed by atoms with van der Waals surface area (Å²) in [5.74, 6) is 11.1. The van der Waals surface area contributed by atoms with Gasteiger partial charge < -0.3 is 41.1 Å². The van der Waals surface area contributed by atoms with Crippen LogP contribution in [-0.4, -0.2) is 155 Å². The topological polar surface area (TPSA) is 313 Å². The fourth-order valence-corrected chi connectivity index (χ4v) is 26.8. The molecule has 15 rings (SSSR count). The molecule has 23 nitrogen and oxygen atoms in total. The van der Waals surface area contributed by atoms with Crippen molar-refractivity contribution < 1.29 is 163 Å². The third kappa shape index (κ3) is 18.7. The smallest absolute Gasteiger partial charge is 1.00 e. The molecular weight excluding hydrogens is 1470 g/mol. The van der Waals surface area contributed by atoms with Gasteiger partial charge in [-0.3, -0.25) is 19.2 Å². The van der Waals surface area contributed by atoms with Crippen molar-refractivity contribution in [3.8, 4) is 0 Å². The third-order valence-electron chi connectivity index (χ3n) is 31.5. The van der Waals surface area contributed by atoms with E-state index in [2.05, 4.69) is 109 Å². The summed E-state index contributed by atoms with van der Waals surface area (Å²) >= 11 is 3.43. The van der Waals surface area contributed by atoms with Gasteiger partial charge in [-0.25, -0.2) is 4.68 Å². The number of carbonyl (C=O) groups excluding carboxylic acids is 4. The van der Waals surface area contributed by atoms with Crippen LogP contribution in [-0.2, 0) is 51.4 Å². The van der Waals surface area contributed by atoms with Gasteiger partial charge in [-0.1, -0.05) is 79.8 Å². The summed E-state index contributed by atoms with van der Waals surface area (Å²) in [6.07, 6.45) is 30.0. The molecule has 0 saturated heterocycles. The van der Waals surface area contributed by atoms with Crippen LogP contribution in [0.4, 0.5) is 0 Å². The minimum Gasteiger partial charge on any atom is -1.00 e. The van der Waals surface area contributed by atoms with E-state index in [1.807, 2.05) is 13.8 Å². The molecule has 12 fully saturated rings. The van der Waals surface area contributed by atoms with Crippen molar-refractivity contribution in [3.05, 3.63) is 11.6 Å². The van der Waals surface area contributed by atoms with Gasteiger partial charge in [0.15, 0.2) is 17.4 Å². The summed E-state index contributed by atoms with van der Waals surface area (Å²) in [7, 11) is 5.10. The number of ether oxygens (including phenoxy) is 3. The molecule has 0 radical (unpaired) electrons. The van der Waals surface area contributed by atoms with E-state index < -0.39 is 16.8 Å². The number of aliphatic hydroxyl groups is 3. The van der Waals surface area contributed by atoms with Crippen LogP contribution in [0, 0.1) is 135 Å². The van der Waals surface area contributed by atoms with Crippen molar-refractivity contribution in [2.75, 3.05) is 53.0 Å². The maximum absolute atomic E-state index is 13.4. The number of aryl methyl sites for hydroxylation is 2. The summed E-state index contributed by atoms with van der Waals surface area (Å²) in [5, 5.41) is 76.4. The number of nitrogens with zero attached hydrogens (tertiary/aromatic N) is 11. The second kappa shape index (κ2) is 38.4. The predicted molar refractivity (Wildman–Crippen MR) is 401 cm³/mol. The van der Waals surface area contributed by atoms with E-state index in [0.717, 1.165) is 131 Å². The number of rotatable bonds is 15. The first-order valence-electron chi connectivity index (χ1n) is 38.8. The fraction of sp³-hybridized carbons (Fsp3) is 0.912. The molecule has 13 aliphatic rings. The van der Waals surface area contributed by atoms with E-state index in [9.17, 15) is 29.7 Å². The maximum atomic E-state index is 13.4. The number of methoxy groups -OCH3 is 3. The molecule has 12 saturated carbocycles. The third-order valence-corrected chi connectivity index (χ3v) is 32.0. The molecule has 0 spiro atoms. The molecule has 2 aromatic heterocycles. The Bertz CT molecular complexity index is 3310. The number of aromatic nitrogens is 8. The zero-order valence-corrected chi connectivity index (χ0v) is 72.9. The maximum Gasteiger partial charge on any atom is 1.00 e. The van der Waals surface area contributed by atoms with Crippen LogP contribution in [0.15, 0.2) is 15.4 Å². The molecule has 12 aliphatic carbocycles. The SMILES string of the molecule is C.C.C.CC1=NN=NC1.COC[C@@]1(O)CC[C@@]2(C)[C@@H](CC[C@@H]3[C@@H]2CC[C@]2(C)[C@@H](C(=O)CBr)CC[C@@H]32)C1.COC[C@@]1(O)CC[C@@]2(C)[C@@H](CC[C@@H]3[C@@H]2CC[C@]2(C)[C@@H](C(=O)Cn4nnc(C)n4)CC[C@@H]32)C1.COC[C@@]1(O)CC[C@@]2(C)[C@@H](CC[C@@H]3[C@@H]2CC[C@]2(C)[C@@H](C(=O)Cn4nnnc4C)CC[C@@H]32)C1.O=CO[O-].[H-].[K+].[K+]. The monoisotopic (exact) mass is 1600 g/mol. The Kier molecular flexibility index (Phi) is 34.1. The number of halogens is 1. The average molecular weight is 1600 g/mol. The summed E-state index contributed by atoms with van der Waals surface area (Å²) in [4.78, 5) is 51.9. The van der Waals surface area contributed by atoms with E-state index in [1.54, 1.807) is 32.9 Å². The number of fused-ring (bicyclic) bond motifs is 15. The van der Waals surface area contributed by atoms with E-state index in [-0.39, 0.29) is 179 Å².